The fourth-order valence-electron chi connectivity index (χ4n) is 2.58. The van der Waals surface area contributed by atoms with Crippen LogP contribution in [0.5, 0.6) is 5.75 Å². The molecular formula is C16H15BrFNO. The SMILES string of the molecule is CC1Cc2cc(C(N)c3cc(F)cc(Br)c3)ccc2O1. The summed E-state index contributed by atoms with van der Waals surface area (Å²) in [5, 5.41) is 0. The molecule has 0 amide bonds. The Morgan fingerprint density at radius 2 is 2.05 bits per heavy atom. The van der Waals surface area contributed by atoms with Gasteiger partial charge < -0.3 is 10.5 Å². The fourth-order valence-corrected chi connectivity index (χ4v) is 3.07. The van der Waals surface area contributed by atoms with Crippen molar-refractivity contribution in [3.63, 3.8) is 0 Å². The minimum absolute atomic E-state index is 0.208. The number of hydrogen-bond donors (Lipinski definition) is 1. The Bertz CT molecular complexity index is 639. The maximum absolute atomic E-state index is 13.5. The highest BCUT2D eigenvalue weighted by Crippen LogP contribution is 2.32. The van der Waals surface area contributed by atoms with Crippen LogP contribution in [0, 0.1) is 5.82 Å². The Morgan fingerprint density at radius 3 is 2.80 bits per heavy atom. The smallest absolute Gasteiger partial charge is 0.124 e. The van der Waals surface area contributed by atoms with Crippen LogP contribution in [0.25, 0.3) is 0 Å². The van der Waals surface area contributed by atoms with Gasteiger partial charge in [-0.1, -0.05) is 28.1 Å². The lowest BCUT2D eigenvalue weighted by molar-refractivity contribution is 0.254. The Kier molecular flexibility index (Phi) is 3.52. The molecular weight excluding hydrogens is 321 g/mol. The van der Waals surface area contributed by atoms with Crippen LogP contribution in [-0.4, -0.2) is 6.10 Å². The zero-order valence-electron chi connectivity index (χ0n) is 11.1. The number of halogens is 2. The van der Waals surface area contributed by atoms with E-state index in [-0.39, 0.29) is 18.0 Å². The second-order valence-corrected chi connectivity index (χ2v) is 6.10. The number of ether oxygens (including phenoxy) is 1. The largest absolute Gasteiger partial charge is 0.490 e. The fraction of sp³-hybridized carbons (Fsp3) is 0.250. The molecule has 0 spiro atoms. The molecule has 1 heterocycles. The number of benzene rings is 2. The molecule has 1 aliphatic heterocycles. The molecule has 0 aromatic heterocycles. The first-order valence-electron chi connectivity index (χ1n) is 6.54. The first-order chi connectivity index (χ1) is 9.52. The molecule has 104 valence electrons. The number of rotatable bonds is 2. The second kappa shape index (κ2) is 5.19. The predicted molar refractivity (Wildman–Crippen MR) is 80.4 cm³/mol. The molecule has 0 fully saturated rings. The van der Waals surface area contributed by atoms with E-state index < -0.39 is 0 Å². The van der Waals surface area contributed by atoms with E-state index in [0.29, 0.717) is 4.47 Å². The van der Waals surface area contributed by atoms with E-state index in [0.717, 1.165) is 23.3 Å². The lowest BCUT2D eigenvalue weighted by Gasteiger charge is -2.14. The first kappa shape index (κ1) is 13.6. The van der Waals surface area contributed by atoms with E-state index in [1.165, 1.54) is 17.7 Å². The van der Waals surface area contributed by atoms with Gasteiger partial charge in [0.1, 0.15) is 17.7 Å². The summed E-state index contributed by atoms with van der Waals surface area (Å²) in [6, 6.07) is 10.4. The molecule has 0 radical (unpaired) electrons. The van der Waals surface area contributed by atoms with Crippen LogP contribution in [0.2, 0.25) is 0 Å². The van der Waals surface area contributed by atoms with Crippen molar-refractivity contribution in [2.45, 2.75) is 25.5 Å². The maximum Gasteiger partial charge on any atom is 0.124 e. The average Bonchev–Trinajstić information content (AvgIpc) is 2.75. The van der Waals surface area contributed by atoms with E-state index in [9.17, 15) is 4.39 Å². The molecule has 0 saturated carbocycles. The summed E-state index contributed by atoms with van der Waals surface area (Å²) in [5.74, 6) is 0.636. The van der Waals surface area contributed by atoms with E-state index >= 15 is 0 Å². The van der Waals surface area contributed by atoms with Crippen LogP contribution in [-0.2, 0) is 6.42 Å². The van der Waals surface area contributed by atoms with Gasteiger partial charge in [0.05, 0.1) is 6.04 Å². The van der Waals surface area contributed by atoms with Gasteiger partial charge in [0.2, 0.25) is 0 Å². The van der Waals surface area contributed by atoms with E-state index in [4.69, 9.17) is 10.5 Å². The highest BCUT2D eigenvalue weighted by atomic mass is 79.9. The molecule has 20 heavy (non-hydrogen) atoms. The van der Waals surface area contributed by atoms with Crippen LogP contribution in [0.4, 0.5) is 4.39 Å². The quantitative estimate of drug-likeness (QED) is 0.901. The zero-order chi connectivity index (χ0) is 14.3. The molecule has 0 bridgehead atoms. The predicted octanol–water partition coefficient (Wildman–Crippen LogP) is 3.96. The van der Waals surface area contributed by atoms with Gasteiger partial charge in [-0.05, 0) is 47.9 Å². The first-order valence-corrected chi connectivity index (χ1v) is 7.33. The molecule has 2 aromatic carbocycles. The monoisotopic (exact) mass is 335 g/mol. The Balaban J connectivity index is 1.95. The molecule has 2 atom stereocenters. The number of hydrogen-bond acceptors (Lipinski definition) is 2. The third kappa shape index (κ3) is 2.58. The van der Waals surface area contributed by atoms with Crippen molar-refractivity contribution in [1.82, 2.24) is 0 Å². The highest BCUT2D eigenvalue weighted by Gasteiger charge is 2.20. The number of fused-ring (bicyclic) bond motifs is 1. The molecule has 2 aromatic rings. The van der Waals surface area contributed by atoms with E-state index in [1.807, 2.05) is 25.1 Å². The minimum atomic E-state index is -0.344. The summed E-state index contributed by atoms with van der Waals surface area (Å²) in [6.45, 7) is 2.04. The number of nitrogens with two attached hydrogens (primary N) is 1. The van der Waals surface area contributed by atoms with Gasteiger partial charge in [0.25, 0.3) is 0 Å². The second-order valence-electron chi connectivity index (χ2n) is 5.18. The van der Waals surface area contributed by atoms with Crippen molar-refractivity contribution in [1.29, 1.82) is 0 Å². The van der Waals surface area contributed by atoms with Gasteiger partial charge in [-0.3, -0.25) is 0 Å². The van der Waals surface area contributed by atoms with Crippen molar-refractivity contribution in [3.05, 3.63) is 63.4 Å². The molecule has 2 nitrogen and oxygen atoms in total. The van der Waals surface area contributed by atoms with Crippen molar-refractivity contribution in [2.24, 2.45) is 5.73 Å². The third-order valence-electron chi connectivity index (χ3n) is 3.52. The molecule has 3 rings (SSSR count). The third-order valence-corrected chi connectivity index (χ3v) is 3.98. The van der Waals surface area contributed by atoms with Crippen LogP contribution in [0.3, 0.4) is 0 Å². The van der Waals surface area contributed by atoms with Gasteiger partial charge in [-0.2, -0.15) is 0 Å². The summed E-state index contributed by atoms with van der Waals surface area (Å²) in [5.41, 5.74) is 9.15. The van der Waals surface area contributed by atoms with Crippen molar-refractivity contribution in [3.8, 4) is 5.75 Å². The lowest BCUT2D eigenvalue weighted by atomic mass is 9.97. The van der Waals surface area contributed by atoms with Crippen LogP contribution in [0.1, 0.15) is 29.7 Å². The molecule has 2 unspecified atom stereocenters. The Morgan fingerprint density at radius 1 is 1.25 bits per heavy atom. The zero-order valence-corrected chi connectivity index (χ0v) is 12.7. The lowest BCUT2D eigenvalue weighted by Crippen LogP contribution is -2.12. The Labute approximate surface area is 125 Å². The summed E-state index contributed by atoms with van der Waals surface area (Å²) >= 11 is 3.30. The van der Waals surface area contributed by atoms with Gasteiger partial charge in [0, 0.05) is 10.9 Å². The van der Waals surface area contributed by atoms with Gasteiger partial charge in [-0.25, -0.2) is 4.39 Å². The summed E-state index contributed by atoms with van der Waals surface area (Å²) < 4.78 is 19.8. The van der Waals surface area contributed by atoms with E-state index in [2.05, 4.69) is 22.0 Å². The molecule has 0 saturated heterocycles. The topological polar surface area (TPSA) is 35.2 Å². The normalized spacial score (nSPS) is 18.5. The van der Waals surface area contributed by atoms with Crippen molar-refractivity contribution < 1.29 is 9.13 Å². The molecule has 0 aliphatic carbocycles. The summed E-state index contributed by atoms with van der Waals surface area (Å²) in [4.78, 5) is 0. The Hall–Kier alpha value is -1.39. The van der Waals surface area contributed by atoms with Crippen LogP contribution >= 0.6 is 15.9 Å². The van der Waals surface area contributed by atoms with Crippen LogP contribution in [0.15, 0.2) is 40.9 Å². The minimum Gasteiger partial charge on any atom is -0.490 e. The van der Waals surface area contributed by atoms with Gasteiger partial charge in [-0.15, -0.1) is 0 Å². The highest BCUT2D eigenvalue weighted by molar-refractivity contribution is 9.10. The van der Waals surface area contributed by atoms with Gasteiger partial charge >= 0.3 is 0 Å². The summed E-state index contributed by atoms with van der Waals surface area (Å²) in [6.07, 6.45) is 1.10. The molecule has 2 N–H and O–H groups in total. The van der Waals surface area contributed by atoms with Crippen molar-refractivity contribution in [2.75, 3.05) is 0 Å². The molecule has 1 aliphatic rings. The maximum atomic E-state index is 13.5. The van der Waals surface area contributed by atoms with Crippen molar-refractivity contribution >= 4 is 15.9 Å². The van der Waals surface area contributed by atoms with Gasteiger partial charge in [0.15, 0.2) is 0 Å². The molecule has 4 heteroatoms. The standard InChI is InChI=1S/C16H15BrFNO/c1-9-4-11-5-10(2-3-15(11)20-9)16(19)12-6-13(17)8-14(18)7-12/h2-3,5-9,16H,4,19H2,1H3. The summed E-state index contributed by atoms with van der Waals surface area (Å²) in [7, 11) is 0. The van der Waals surface area contributed by atoms with E-state index in [1.54, 1.807) is 0 Å². The van der Waals surface area contributed by atoms with Crippen LogP contribution < -0.4 is 10.5 Å². The average molecular weight is 336 g/mol.